The third-order valence-corrected chi connectivity index (χ3v) is 6.83. The minimum Gasteiger partial charge on any atom is -0.348 e. The van der Waals surface area contributed by atoms with Crippen LogP contribution >= 0.6 is 11.8 Å². The summed E-state index contributed by atoms with van der Waals surface area (Å²) in [5.41, 5.74) is -0.644. The molecule has 2 heterocycles. The molecule has 0 atom stereocenters. The van der Waals surface area contributed by atoms with E-state index in [0.29, 0.717) is 6.04 Å². The van der Waals surface area contributed by atoms with Gasteiger partial charge in [-0.3, -0.25) is 19.6 Å². The van der Waals surface area contributed by atoms with Crippen LogP contribution in [-0.4, -0.2) is 63.6 Å². The second kappa shape index (κ2) is 9.78. The number of anilines is 1. The van der Waals surface area contributed by atoms with E-state index in [-0.39, 0.29) is 17.4 Å². The number of hydrogen-bond acceptors (Lipinski definition) is 5. The zero-order valence-electron chi connectivity index (χ0n) is 17.0. The van der Waals surface area contributed by atoms with Crippen LogP contribution in [0.15, 0.2) is 24.4 Å². The zero-order valence-corrected chi connectivity index (χ0v) is 17.8. The Kier molecular flexibility index (Phi) is 6.86. The molecular weight excluding hydrogens is 424 g/mol. The number of carbonyl (C=O) groups is 2. The second-order valence-corrected chi connectivity index (χ2v) is 9.05. The fourth-order valence-electron chi connectivity index (χ4n) is 4.24. The number of aromatic nitrogens is 2. The lowest BCUT2D eigenvalue weighted by atomic mass is 9.90. The fraction of sp³-hybridized carbons (Fsp3) is 0.476. The summed E-state index contributed by atoms with van der Waals surface area (Å²) in [6, 6.07) is 3.79. The topological polar surface area (TPSA) is 90.1 Å². The van der Waals surface area contributed by atoms with Gasteiger partial charge in [0.05, 0.1) is 5.69 Å². The third kappa shape index (κ3) is 5.07. The predicted molar refractivity (Wildman–Crippen MR) is 115 cm³/mol. The van der Waals surface area contributed by atoms with Crippen molar-refractivity contribution >= 4 is 29.3 Å². The van der Waals surface area contributed by atoms with Crippen molar-refractivity contribution in [3.8, 4) is 0 Å². The van der Waals surface area contributed by atoms with Crippen molar-refractivity contribution in [2.24, 2.45) is 0 Å². The monoisotopic (exact) mass is 449 g/mol. The Morgan fingerprint density at radius 2 is 1.74 bits per heavy atom. The Labute approximate surface area is 183 Å². The van der Waals surface area contributed by atoms with E-state index < -0.39 is 29.0 Å². The Bertz CT molecular complexity index is 919. The van der Waals surface area contributed by atoms with Crippen molar-refractivity contribution < 1.29 is 18.4 Å². The molecule has 1 aliphatic carbocycles. The number of thioether (sulfide) groups is 1. The van der Waals surface area contributed by atoms with Gasteiger partial charge in [0.15, 0.2) is 5.69 Å². The number of rotatable bonds is 5. The minimum absolute atomic E-state index is 0.0136. The van der Waals surface area contributed by atoms with E-state index in [9.17, 15) is 18.4 Å². The van der Waals surface area contributed by atoms with Gasteiger partial charge in [-0.05, 0) is 37.8 Å². The molecule has 166 valence electrons. The molecule has 0 spiro atoms. The van der Waals surface area contributed by atoms with Gasteiger partial charge in [-0.25, -0.2) is 8.78 Å². The molecule has 0 radical (unpaired) electrons. The summed E-state index contributed by atoms with van der Waals surface area (Å²) in [6.07, 6.45) is 5.15. The van der Waals surface area contributed by atoms with Gasteiger partial charge in [-0.1, -0.05) is 6.07 Å². The Hall–Kier alpha value is -2.46. The number of hydrogen-bond donors (Lipinski definition) is 3. The number of benzene rings is 1. The van der Waals surface area contributed by atoms with Gasteiger partial charge in [0.2, 0.25) is 0 Å². The van der Waals surface area contributed by atoms with Gasteiger partial charge < -0.3 is 10.6 Å². The molecule has 0 bridgehead atoms. The molecule has 3 N–H and O–H groups in total. The predicted octanol–water partition coefficient (Wildman–Crippen LogP) is 3.03. The lowest BCUT2D eigenvalue weighted by Crippen LogP contribution is -2.46. The molecule has 4 rings (SSSR count). The first kappa shape index (κ1) is 21.8. The summed E-state index contributed by atoms with van der Waals surface area (Å²) in [6.45, 7) is 2.26. The van der Waals surface area contributed by atoms with Crippen molar-refractivity contribution in [1.29, 1.82) is 0 Å². The van der Waals surface area contributed by atoms with Crippen molar-refractivity contribution in [3.05, 3.63) is 47.3 Å². The van der Waals surface area contributed by atoms with Crippen LogP contribution in [0.1, 0.15) is 46.5 Å². The number of amides is 2. The summed E-state index contributed by atoms with van der Waals surface area (Å²) in [5, 5.41) is 11.8. The van der Waals surface area contributed by atoms with E-state index in [1.807, 2.05) is 11.8 Å². The Morgan fingerprint density at radius 3 is 2.42 bits per heavy atom. The van der Waals surface area contributed by atoms with E-state index in [1.54, 1.807) is 0 Å². The lowest BCUT2D eigenvalue weighted by molar-refractivity contribution is 0.0902. The third-order valence-electron chi connectivity index (χ3n) is 5.89. The summed E-state index contributed by atoms with van der Waals surface area (Å²) >= 11 is 2.00. The fourth-order valence-corrected chi connectivity index (χ4v) is 5.17. The van der Waals surface area contributed by atoms with E-state index >= 15 is 0 Å². The maximum Gasteiger partial charge on any atom is 0.274 e. The van der Waals surface area contributed by atoms with Crippen LogP contribution < -0.4 is 10.6 Å². The highest BCUT2D eigenvalue weighted by Gasteiger charge is 2.29. The summed E-state index contributed by atoms with van der Waals surface area (Å²) < 4.78 is 27.7. The van der Waals surface area contributed by atoms with Gasteiger partial charge in [0.25, 0.3) is 11.8 Å². The first-order valence-corrected chi connectivity index (χ1v) is 11.6. The maximum absolute atomic E-state index is 13.9. The first-order chi connectivity index (χ1) is 15.0. The van der Waals surface area contributed by atoms with Crippen molar-refractivity contribution in [2.75, 3.05) is 29.9 Å². The molecule has 2 aromatic rings. The number of nitrogens with zero attached hydrogens (tertiary/aromatic N) is 2. The van der Waals surface area contributed by atoms with Crippen LogP contribution in [0.5, 0.6) is 0 Å². The Morgan fingerprint density at radius 1 is 1.06 bits per heavy atom. The van der Waals surface area contributed by atoms with Gasteiger partial charge >= 0.3 is 0 Å². The highest BCUT2D eigenvalue weighted by Crippen LogP contribution is 2.26. The lowest BCUT2D eigenvalue weighted by Gasteiger charge is -2.38. The number of nitrogens with one attached hydrogen (secondary N) is 3. The van der Waals surface area contributed by atoms with Crippen LogP contribution in [-0.2, 0) is 0 Å². The maximum atomic E-state index is 13.9. The van der Waals surface area contributed by atoms with Crippen LogP contribution in [0, 0.1) is 11.6 Å². The number of aromatic amines is 1. The van der Waals surface area contributed by atoms with Gasteiger partial charge in [-0.2, -0.15) is 16.9 Å². The molecule has 0 unspecified atom stereocenters. The van der Waals surface area contributed by atoms with E-state index in [1.165, 1.54) is 23.8 Å². The molecular formula is C21H25F2N5O2S. The van der Waals surface area contributed by atoms with Crippen LogP contribution in [0.2, 0.25) is 0 Å². The second-order valence-electron chi connectivity index (χ2n) is 7.83. The molecule has 2 aliphatic rings. The van der Waals surface area contributed by atoms with Crippen LogP contribution in [0.3, 0.4) is 0 Å². The molecule has 10 heteroatoms. The van der Waals surface area contributed by atoms with Crippen molar-refractivity contribution in [1.82, 2.24) is 20.4 Å². The quantitative estimate of drug-likeness (QED) is 0.653. The highest BCUT2D eigenvalue weighted by atomic mass is 32.2. The largest absolute Gasteiger partial charge is 0.348 e. The summed E-state index contributed by atoms with van der Waals surface area (Å²) in [4.78, 5) is 27.6. The highest BCUT2D eigenvalue weighted by molar-refractivity contribution is 7.99. The molecule has 1 aromatic carbocycles. The molecule has 31 heavy (non-hydrogen) atoms. The smallest absolute Gasteiger partial charge is 0.274 e. The van der Waals surface area contributed by atoms with Crippen LogP contribution in [0.4, 0.5) is 14.5 Å². The number of H-pyrrole nitrogens is 1. The number of halogens is 2. The van der Waals surface area contributed by atoms with Crippen LogP contribution in [0.25, 0.3) is 0 Å². The normalized spacial score (nSPS) is 22.1. The molecule has 1 saturated carbocycles. The molecule has 2 fully saturated rings. The average molecular weight is 450 g/mol. The standard InChI is InChI=1S/C21H25F2N5O2S/c22-15-2-1-3-16(23)18(15)20(29)26-17-12-24-27-19(17)21(30)25-13-4-6-14(7-5-13)28-8-10-31-11-9-28/h1-3,12-14H,4-11H2,(H,24,27)(H,25,30)(H,26,29). The summed E-state index contributed by atoms with van der Waals surface area (Å²) in [5.74, 6) is -0.996. The van der Waals surface area contributed by atoms with Crippen molar-refractivity contribution in [3.63, 3.8) is 0 Å². The minimum atomic E-state index is -0.980. The molecule has 7 nitrogen and oxygen atoms in total. The van der Waals surface area contributed by atoms with Gasteiger partial charge in [0, 0.05) is 42.9 Å². The molecule has 2 amide bonds. The molecule has 1 saturated heterocycles. The van der Waals surface area contributed by atoms with E-state index in [4.69, 9.17) is 0 Å². The van der Waals surface area contributed by atoms with Gasteiger partial charge in [-0.15, -0.1) is 0 Å². The Balaban J connectivity index is 1.34. The van der Waals surface area contributed by atoms with E-state index in [0.717, 1.165) is 50.9 Å². The van der Waals surface area contributed by atoms with Gasteiger partial charge in [0.1, 0.15) is 17.2 Å². The SMILES string of the molecule is O=C(NC1CCC(N2CCSCC2)CC1)c1n[nH]cc1NC(=O)c1c(F)cccc1F. The first-order valence-electron chi connectivity index (χ1n) is 10.4. The van der Waals surface area contributed by atoms with E-state index in [2.05, 4.69) is 25.7 Å². The van der Waals surface area contributed by atoms with Crippen molar-refractivity contribution in [2.45, 2.75) is 37.8 Å². The zero-order chi connectivity index (χ0) is 21.8. The summed E-state index contributed by atoms with van der Waals surface area (Å²) in [7, 11) is 0. The number of carbonyl (C=O) groups excluding carboxylic acids is 2. The molecule has 1 aliphatic heterocycles. The average Bonchev–Trinajstić information content (AvgIpc) is 3.23. The molecule has 1 aromatic heterocycles.